The molecule has 0 saturated carbocycles. The van der Waals surface area contributed by atoms with Gasteiger partial charge >= 0.3 is 0 Å². The Morgan fingerprint density at radius 3 is 2.85 bits per heavy atom. The molecule has 0 saturated heterocycles. The van der Waals surface area contributed by atoms with E-state index in [9.17, 15) is 0 Å². The van der Waals surface area contributed by atoms with Crippen LogP contribution in [0.25, 0.3) is 0 Å². The molecule has 1 aromatic carbocycles. The first-order valence-corrected chi connectivity index (χ1v) is 7.20. The third-order valence-corrected chi connectivity index (χ3v) is 3.38. The van der Waals surface area contributed by atoms with E-state index in [0.29, 0.717) is 6.54 Å². The number of nitrogens with zero attached hydrogens (tertiary/aromatic N) is 3. The van der Waals surface area contributed by atoms with E-state index in [1.54, 1.807) is 0 Å². The average molecular weight is 293 g/mol. The van der Waals surface area contributed by atoms with Crippen molar-refractivity contribution >= 4 is 23.0 Å². The lowest BCUT2D eigenvalue weighted by Crippen LogP contribution is -2.13. The number of aryl methyl sites for hydroxylation is 1. The van der Waals surface area contributed by atoms with Gasteiger partial charge in [0.15, 0.2) is 0 Å². The van der Waals surface area contributed by atoms with Crippen molar-refractivity contribution in [1.29, 1.82) is 0 Å². The minimum absolute atomic E-state index is 0.689. The first kappa shape index (κ1) is 14.7. The Balaban J connectivity index is 2.14. The van der Waals surface area contributed by atoms with Gasteiger partial charge in [-0.05, 0) is 24.6 Å². The second-order valence-electron chi connectivity index (χ2n) is 4.95. The molecule has 2 aromatic rings. The van der Waals surface area contributed by atoms with Crippen molar-refractivity contribution in [3.8, 4) is 0 Å². The number of hydrogen-bond donors (Lipinski definition) is 1. The molecule has 1 aromatic heterocycles. The van der Waals surface area contributed by atoms with E-state index in [-0.39, 0.29) is 0 Å². The second kappa shape index (κ2) is 6.66. The van der Waals surface area contributed by atoms with E-state index >= 15 is 0 Å². The number of anilines is 2. The number of nitrogens with one attached hydrogen (secondary N) is 1. The van der Waals surface area contributed by atoms with Crippen molar-refractivity contribution in [3.63, 3.8) is 0 Å². The van der Waals surface area contributed by atoms with Gasteiger partial charge in [0.2, 0.25) is 0 Å². The standard InChI is InChI=1S/C15H21ClN4/c1-4-8-20-9-7-17-15(20)11-18-13-10-12(16)5-6-14(13)19(2)3/h5-7,9-10,18H,4,8,11H2,1-3H3. The zero-order chi connectivity index (χ0) is 14.5. The molecule has 0 aliphatic carbocycles. The van der Waals surface area contributed by atoms with Crippen molar-refractivity contribution in [2.24, 2.45) is 0 Å². The predicted octanol–water partition coefficient (Wildman–Crippen LogP) is 3.62. The van der Waals surface area contributed by atoms with Gasteiger partial charge in [0.1, 0.15) is 5.82 Å². The van der Waals surface area contributed by atoms with Gasteiger partial charge in [0.25, 0.3) is 0 Å². The molecule has 0 fully saturated rings. The monoisotopic (exact) mass is 292 g/mol. The molecule has 0 radical (unpaired) electrons. The Hall–Kier alpha value is -1.68. The molecule has 1 heterocycles. The van der Waals surface area contributed by atoms with Crippen LogP contribution in [0.1, 0.15) is 19.2 Å². The summed E-state index contributed by atoms with van der Waals surface area (Å²) in [5.41, 5.74) is 2.14. The van der Waals surface area contributed by atoms with Crippen molar-refractivity contribution in [1.82, 2.24) is 9.55 Å². The quantitative estimate of drug-likeness (QED) is 0.883. The van der Waals surface area contributed by atoms with E-state index in [0.717, 1.165) is 35.2 Å². The number of halogens is 1. The number of benzene rings is 1. The molecule has 0 amide bonds. The lowest BCUT2D eigenvalue weighted by atomic mass is 10.2. The number of hydrogen-bond acceptors (Lipinski definition) is 3. The van der Waals surface area contributed by atoms with Crippen LogP contribution in [-0.4, -0.2) is 23.6 Å². The molecule has 0 aliphatic heterocycles. The first-order chi connectivity index (χ1) is 9.61. The Labute approximate surface area is 125 Å². The van der Waals surface area contributed by atoms with Crippen LogP contribution in [-0.2, 0) is 13.1 Å². The number of rotatable bonds is 6. The predicted molar refractivity (Wildman–Crippen MR) is 85.6 cm³/mol. The molecule has 0 aliphatic rings. The maximum Gasteiger partial charge on any atom is 0.128 e. The summed E-state index contributed by atoms with van der Waals surface area (Å²) in [5, 5.41) is 4.16. The van der Waals surface area contributed by atoms with Crippen LogP contribution in [0, 0.1) is 0 Å². The van der Waals surface area contributed by atoms with Crippen LogP contribution in [0.4, 0.5) is 11.4 Å². The highest BCUT2D eigenvalue weighted by Crippen LogP contribution is 2.28. The highest BCUT2D eigenvalue weighted by Gasteiger charge is 2.07. The van der Waals surface area contributed by atoms with Gasteiger partial charge < -0.3 is 14.8 Å². The Morgan fingerprint density at radius 2 is 2.15 bits per heavy atom. The highest BCUT2D eigenvalue weighted by atomic mass is 35.5. The minimum Gasteiger partial charge on any atom is -0.376 e. The molecule has 2 rings (SSSR count). The third-order valence-electron chi connectivity index (χ3n) is 3.14. The largest absolute Gasteiger partial charge is 0.376 e. The molecule has 1 N–H and O–H groups in total. The summed E-state index contributed by atoms with van der Waals surface area (Å²) < 4.78 is 2.17. The third kappa shape index (κ3) is 3.45. The van der Waals surface area contributed by atoms with Crippen molar-refractivity contribution in [2.75, 3.05) is 24.3 Å². The molecule has 108 valence electrons. The first-order valence-electron chi connectivity index (χ1n) is 6.82. The van der Waals surface area contributed by atoms with Crippen molar-refractivity contribution in [3.05, 3.63) is 41.4 Å². The summed E-state index contributed by atoms with van der Waals surface area (Å²) in [4.78, 5) is 6.47. The van der Waals surface area contributed by atoms with Crippen LogP contribution in [0.5, 0.6) is 0 Å². The summed E-state index contributed by atoms with van der Waals surface area (Å²) >= 11 is 6.08. The Kier molecular flexibility index (Phi) is 4.90. The maximum absolute atomic E-state index is 6.08. The molecule has 0 spiro atoms. The van der Waals surface area contributed by atoms with E-state index in [1.807, 2.05) is 44.7 Å². The van der Waals surface area contributed by atoms with Gasteiger partial charge in [-0.3, -0.25) is 0 Å². The lowest BCUT2D eigenvalue weighted by molar-refractivity contribution is 0.644. The molecular formula is C15H21ClN4. The van der Waals surface area contributed by atoms with Gasteiger partial charge in [-0.1, -0.05) is 18.5 Å². The fraction of sp³-hybridized carbons (Fsp3) is 0.400. The zero-order valence-electron chi connectivity index (χ0n) is 12.2. The topological polar surface area (TPSA) is 33.1 Å². The van der Waals surface area contributed by atoms with Crippen molar-refractivity contribution in [2.45, 2.75) is 26.4 Å². The summed E-state index contributed by atoms with van der Waals surface area (Å²) in [6.07, 6.45) is 4.96. The Bertz CT molecular complexity index is 563. The summed E-state index contributed by atoms with van der Waals surface area (Å²) in [5.74, 6) is 1.04. The molecule has 0 atom stereocenters. The van der Waals surface area contributed by atoms with Crippen LogP contribution >= 0.6 is 11.6 Å². The summed E-state index contributed by atoms with van der Waals surface area (Å²) in [6, 6.07) is 5.87. The van der Waals surface area contributed by atoms with Gasteiger partial charge in [0.05, 0.1) is 17.9 Å². The van der Waals surface area contributed by atoms with Crippen molar-refractivity contribution < 1.29 is 0 Å². The number of imidazole rings is 1. The van der Waals surface area contributed by atoms with Gasteiger partial charge in [0, 0.05) is 38.1 Å². The summed E-state index contributed by atoms with van der Waals surface area (Å²) in [7, 11) is 4.04. The molecule has 4 nitrogen and oxygen atoms in total. The fourth-order valence-electron chi connectivity index (χ4n) is 2.17. The van der Waals surface area contributed by atoms with Crippen LogP contribution in [0.15, 0.2) is 30.6 Å². The Morgan fingerprint density at radius 1 is 1.35 bits per heavy atom. The molecule has 0 bridgehead atoms. The van der Waals surface area contributed by atoms with E-state index in [4.69, 9.17) is 11.6 Å². The summed E-state index contributed by atoms with van der Waals surface area (Å²) in [6.45, 7) is 3.85. The molecule has 0 unspecified atom stereocenters. The maximum atomic E-state index is 6.08. The van der Waals surface area contributed by atoms with E-state index in [2.05, 4.69) is 26.7 Å². The highest BCUT2D eigenvalue weighted by molar-refractivity contribution is 6.31. The fourth-order valence-corrected chi connectivity index (χ4v) is 2.34. The van der Waals surface area contributed by atoms with Gasteiger partial charge in [-0.15, -0.1) is 0 Å². The molecular weight excluding hydrogens is 272 g/mol. The number of aromatic nitrogens is 2. The van der Waals surface area contributed by atoms with E-state index < -0.39 is 0 Å². The van der Waals surface area contributed by atoms with Gasteiger partial charge in [-0.25, -0.2) is 4.98 Å². The second-order valence-corrected chi connectivity index (χ2v) is 5.38. The molecule has 20 heavy (non-hydrogen) atoms. The lowest BCUT2D eigenvalue weighted by Gasteiger charge is -2.19. The zero-order valence-corrected chi connectivity index (χ0v) is 13.0. The van der Waals surface area contributed by atoms with Gasteiger partial charge in [-0.2, -0.15) is 0 Å². The van der Waals surface area contributed by atoms with E-state index in [1.165, 1.54) is 0 Å². The van der Waals surface area contributed by atoms with Crippen LogP contribution < -0.4 is 10.2 Å². The smallest absolute Gasteiger partial charge is 0.128 e. The average Bonchev–Trinajstić information content (AvgIpc) is 2.84. The SMILES string of the molecule is CCCn1ccnc1CNc1cc(Cl)ccc1N(C)C. The minimum atomic E-state index is 0.689. The van der Waals surface area contributed by atoms with Crippen LogP contribution in [0.2, 0.25) is 5.02 Å². The normalized spacial score (nSPS) is 10.6. The van der Waals surface area contributed by atoms with Crippen LogP contribution in [0.3, 0.4) is 0 Å². The molecule has 5 heteroatoms.